The minimum atomic E-state index is -0.610. The van der Waals surface area contributed by atoms with E-state index >= 15 is 0 Å². The number of carbonyl (C=O) groups excluding carboxylic acids is 1. The smallest absolute Gasteiger partial charge is 0.273 e. The number of nitriles is 1. The lowest BCUT2D eigenvalue weighted by Gasteiger charge is -2.06. The monoisotopic (exact) mass is 453 g/mol. The van der Waals surface area contributed by atoms with Crippen molar-refractivity contribution in [3.05, 3.63) is 110 Å². The summed E-state index contributed by atoms with van der Waals surface area (Å²) in [6.07, 6.45) is 1.55. The quantitative estimate of drug-likeness (QED) is 0.497. The molecule has 0 aliphatic rings. The van der Waals surface area contributed by atoms with E-state index < -0.39 is 5.91 Å². The van der Waals surface area contributed by atoms with Crippen LogP contribution < -0.4 is 20.1 Å². The first kappa shape index (κ1) is 21.8. The Morgan fingerprint density at radius 3 is 2.36 bits per heavy atom. The number of phenolic OH excluding ortho intramolecular Hbond substituents is 1. The molecule has 162 valence electrons. The van der Waals surface area contributed by atoms with Gasteiger partial charge in [-0.05, 0) is 43.3 Å². The first-order valence-electron chi connectivity index (χ1n) is 10.1. The van der Waals surface area contributed by atoms with Gasteiger partial charge in [0, 0.05) is 11.3 Å². The van der Waals surface area contributed by atoms with Crippen LogP contribution >= 0.6 is 11.3 Å². The molecule has 6 nitrogen and oxygen atoms in total. The highest BCUT2D eigenvalue weighted by molar-refractivity contribution is 7.07. The minimum Gasteiger partial charge on any atom is -0.507 e. The number of aryl methyl sites for hydroxylation is 1. The Hall–Kier alpha value is -4.41. The molecule has 3 aromatic carbocycles. The van der Waals surface area contributed by atoms with Crippen molar-refractivity contribution in [2.24, 2.45) is 0 Å². The number of rotatable bonds is 4. The summed E-state index contributed by atoms with van der Waals surface area (Å²) in [5.41, 5.74) is 2.01. The van der Waals surface area contributed by atoms with Crippen molar-refractivity contribution in [3.63, 3.8) is 0 Å². The summed E-state index contributed by atoms with van der Waals surface area (Å²) >= 11 is 1.02. The van der Waals surface area contributed by atoms with Crippen LogP contribution in [0.25, 0.3) is 17.3 Å². The number of phenols is 1. The van der Waals surface area contributed by atoms with E-state index in [0.29, 0.717) is 16.9 Å². The molecule has 4 rings (SSSR count). The number of amides is 1. The van der Waals surface area contributed by atoms with Crippen molar-refractivity contribution in [2.45, 2.75) is 6.92 Å². The van der Waals surface area contributed by atoms with Crippen molar-refractivity contribution in [2.75, 3.05) is 5.32 Å². The number of nitrogens with one attached hydrogen (secondary N) is 1. The van der Waals surface area contributed by atoms with Gasteiger partial charge in [-0.1, -0.05) is 54.1 Å². The first-order chi connectivity index (χ1) is 16.0. The predicted octanol–water partition coefficient (Wildman–Crippen LogP) is 3.05. The van der Waals surface area contributed by atoms with Crippen LogP contribution in [0, 0.1) is 18.3 Å². The van der Waals surface area contributed by atoms with E-state index in [1.165, 1.54) is 10.6 Å². The molecule has 0 bridgehead atoms. The van der Waals surface area contributed by atoms with Gasteiger partial charge >= 0.3 is 0 Å². The molecule has 1 aromatic heterocycles. The summed E-state index contributed by atoms with van der Waals surface area (Å²) in [6.45, 7) is 1.94. The lowest BCUT2D eigenvalue weighted by atomic mass is 10.2. The van der Waals surface area contributed by atoms with E-state index in [1.807, 2.05) is 31.2 Å². The molecule has 1 amide bonds. The molecule has 0 saturated heterocycles. The average molecular weight is 454 g/mol. The molecule has 0 spiro atoms. The van der Waals surface area contributed by atoms with Gasteiger partial charge in [-0.3, -0.25) is 14.2 Å². The molecule has 4 aromatic rings. The lowest BCUT2D eigenvalue weighted by Crippen LogP contribution is -2.32. The second kappa shape index (κ2) is 9.39. The van der Waals surface area contributed by atoms with E-state index in [1.54, 1.807) is 60.7 Å². The molecule has 7 heteroatoms. The molecule has 2 N–H and O–H groups in total. The van der Waals surface area contributed by atoms with E-state index in [2.05, 4.69) is 5.32 Å². The van der Waals surface area contributed by atoms with Gasteiger partial charge in [0.2, 0.25) is 0 Å². The van der Waals surface area contributed by atoms with Crippen molar-refractivity contribution < 1.29 is 9.90 Å². The summed E-state index contributed by atoms with van der Waals surface area (Å²) in [4.78, 5) is 26.4. The summed E-state index contributed by atoms with van der Waals surface area (Å²) in [6, 6.07) is 24.6. The minimum absolute atomic E-state index is 0.0275. The van der Waals surface area contributed by atoms with E-state index in [9.17, 15) is 20.0 Å². The Labute approximate surface area is 193 Å². The molecular formula is C26H19N3O3S. The van der Waals surface area contributed by atoms with Gasteiger partial charge in [-0.15, -0.1) is 11.3 Å². The number of hydrogen-bond donors (Lipinski definition) is 2. The zero-order valence-corrected chi connectivity index (χ0v) is 18.5. The maximum absolute atomic E-state index is 13.4. The fourth-order valence-corrected chi connectivity index (χ4v) is 4.33. The van der Waals surface area contributed by atoms with Crippen LogP contribution in [0.15, 0.2) is 83.7 Å². The fraction of sp³-hybridized carbons (Fsp3) is 0.0385. The maximum Gasteiger partial charge on any atom is 0.273 e. The Morgan fingerprint density at radius 2 is 1.70 bits per heavy atom. The van der Waals surface area contributed by atoms with Gasteiger partial charge in [-0.25, -0.2) is 0 Å². The maximum atomic E-state index is 13.4. The van der Waals surface area contributed by atoms with Gasteiger partial charge in [0.15, 0.2) is 5.57 Å². The molecule has 0 atom stereocenters. The number of thiazole rings is 1. The van der Waals surface area contributed by atoms with Crippen molar-refractivity contribution in [3.8, 4) is 17.5 Å². The van der Waals surface area contributed by atoms with Crippen LogP contribution in [0.5, 0.6) is 5.75 Å². The molecule has 0 saturated carbocycles. The molecule has 33 heavy (non-hydrogen) atoms. The third kappa shape index (κ3) is 4.61. The number of hydrogen-bond acceptors (Lipinski definition) is 5. The van der Waals surface area contributed by atoms with E-state index in [0.717, 1.165) is 16.9 Å². The third-order valence-corrected chi connectivity index (χ3v) is 6.02. The van der Waals surface area contributed by atoms with Crippen molar-refractivity contribution >= 4 is 34.6 Å². The van der Waals surface area contributed by atoms with Crippen molar-refractivity contribution in [1.82, 2.24) is 4.57 Å². The summed E-state index contributed by atoms with van der Waals surface area (Å²) in [5.74, 6) is -0.582. The molecule has 0 radical (unpaired) electrons. The normalized spacial score (nSPS) is 12.2. The van der Waals surface area contributed by atoms with E-state index in [4.69, 9.17) is 0 Å². The second-order valence-corrected chi connectivity index (χ2v) is 8.29. The summed E-state index contributed by atoms with van der Waals surface area (Å²) in [7, 11) is 0. The first-order valence-corrected chi connectivity index (χ1v) is 10.9. The predicted molar refractivity (Wildman–Crippen MR) is 130 cm³/mol. The van der Waals surface area contributed by atoms with Crippen LogP contribution in [0.4, 0.5) is 5.69 Å². The standard InChI is InChI=1S/C26H19N3O3S/c1-17-11-13-19(14-12-17)28-24(31)21(16-27)26-29(20-8-3-2-4-9-20)25(32)23(33-26)15-18-7-5-6-10-22(18)30/h2-15,30H,1H3,(H,28,31)/b23-15-,26-21-. The summed E-state index contributed by atoms with van der Waals surface area (Å²) in [5, 5.41) is 22.7. The molecule has 0 fully saturated rings. The Kier molecular flexibility index (Phi) is 6.20. The largest absolute Gasteiger partial charge is 0.507 e. The Balaban J connectivity index is 1.95. The number of nitrogens with zero attached hydrogens (tertiary/aromatic N) is 2. The zero-order chi connectivity index (χ0) is 23.4. The molecule has 0 aliphatic carbocycles. The number of para-hydroxylation sites is 2. The zero-order valence-electron chi connectivity index (χ0n) is 17.6. The molecule has 0 aliphatic heterocycles. The van der Waals surface area contributed by atoms with Gasteiger partial charge in [0.05, 0.1) is 10.2 Å². The third-order valence-electron chi connectivity index (χ3n) is 4.92. The topological polar surface area (TPSA) is 95.1 Å². The van der Waals surface area contributed by atoms with Gasteiger partial charge in [0.25, 0.3) is 11.5 Å². The summed E-state index contributed by atoms with van der Waals surface area (Å²) < 4.78 is 1.84. The molecule has 0 unspecified atom stereocenters. The van der Waals surface area contributed by atoms with Crippen LogP contribution in [-0.4, -0.2) is 15.6 Å². The van der Waals surface area contributed by atoms with Crippen LogP contribution in [0.2, 0.25) is 0 Å². The van der Waals surface area contributed by atoms with Crippen LogP contribution in [-0.2, 0) is 4.79 Å². The van der Waals surface area contributed by atoms with Crippen molar-refractivity contribution in [1.29, 1.82) is 5.26 Å². The highest BCUT2D eigenvalue weighted by Crippen LogP contribution is 2.16. The van der Waals surface area contributed by atoms with Gasteiger partial charge in [0.1, 0.15) is 16.5 Å². The van der Waals surface area contributed by atoms with E-state index in [-0.39, 0.29) is 26.1 Å². The SMILES string of the molecule is Cc1ccc(NC(=O)/C(C#N)=c2\s/c(=C\c3ccccc3O)c(=O)n2-c2ccccc2)cc1. The number of aromatic hydroxyl groups is 1. The molecular weight excluding hydrogens is 434 g/mol. The van der Waals surface area contributed by atoms with Crippen LogP contribution in [0.3, 0.4) is 0 Å². The fourth-order valence-electron chi connectivity index (χ4n) is 3.24. The number of aromatic nitrogens is 1. The number of benzene rings is 3. The van der Waals surface area contributed by atoms with Gasteiger partial charge in [-0.2, -0.15) is 5.26 Å². The number of anilines is 1. The Morgan fingerprint density at radius 1 is 1.03 bits per heavy atom. The van der Waals surface area contributed by atoms with Gasteiger partial charge < -0.3 is 10.4 Å². The lowest BCUT2D eigenvalue weighted by molar-refractivity contribution is -0.111. The second-order valence-electron chi connectivity index (χ2n) is 7.26. The van der Waals surface area contributed by atoms with Crippen LogP contribution in [0.1, 0.15) is 11.1 Å². The highest BCUT2D eigenvalue weighted by atomic mass is 32.1. The highest BCUT2D eigenvalue weighted by Gasteiger charge is 2.17. The molecule has 1 heterocycles. The number of carbonyl (C=O) groups is 1. The Bertz CT molecular complexity index is 1540. The average Bonchev–Trinajstić information content (AvgIpc) is 3.13.